The molecule has 0 spiro atoms. The molecule has 0 N–H and O–H groups in total. The Balaban J connectivity index is 1.64. The molecule has 1 aliphatic heterocycles. The monoisotopic (exact) mass is 316 g/mol. The van der Waals surface area contributed by atoms with Crippen molar-refractivity contribution in [3.05, 3.63) is 47.2 Å². The Morgan fingerprint density at radius 2 is 1.86 bits per heavy atom. The third-order valence-electron chi connectivity index (χ3n) is 4.19. The molecule has 1 aliphatic rings. The van der Waals surface area contributed by atoms with E-state index in [2.05, 4.69) is 33.9 Å². The molecule has 0 radical (unpaired) electrons. The quantitative estimate of drug-likeness (QED) is 0.868. The van der Waals surface area contributed by atoms with Gasteiger partial charge in [0.25, 0.3) is 0 Å². The molecule has 1 unspecified atom stereocenters. The minimum Gasteiger partial charge on any atom is -0.305 e. The summed E-state index contributed by atoms with van der Waals surface area (Å²) in [6.45, 7) is 3.18. The van der Waals surface area contributed by atoms with Crippen LogP contribution in [0.25, 0.3) is 11.4 Å². The number of halogens is 1. The highest BCUT2D eigenvalue weighted by molar-refractivity contribution is 6.30. The van der Waals surface area contributed by atoms with Crippen LogP contribution in [0.5, 0.6) is 0 Å². The molecule has 1 saturated heterocycles. The Labute approximate surface area is 136 Å². The van der Waals surface area contributed by atoms with Crippen LogP contribution in [0.4, 0.5) is 0 Å². The molecule has 1 aromatic carbocycles. The van der Waals surface area contributed by atoms with Gasteiger partial charge in [-0.2, -0.15) is 0 Å². The SMILES string of the molecule is CN(C)C1CCN(Cc2cnc(-c3ccc(Cl)cc3)nc2)C1. The zero-order valence-electron chi connectivity index (χ0n) is 13.0. The van der Waals surface area contributed by atoms with E-state index in [9.17, 15) is 0 Å². The van der Waals surface area contributed by atoms with Crippen molar-refractivity contribution < 1.29 is 0 Å². The predicted molar refractivity (Wildman–Crippen MR) is 89.8 cm³/mol. The van der Waals surface area contributed by atoms with Crippen LogP contribution < -0.4 is 0 Å². The van der Waals surface area contributed by atoms with E-state index >= 15 is 0 Å². The second-order valence-electron chi connectivity index (χ2n) is 6.06. The van der Waals surface area contributed by atoms with Gasteiger partial charge >= 0.3 is 0 Å². The van der Waals surface area contributed by atoms with Crippen molar-refractivity contribution in [3.8, 4) is 11.4 Å². The molecule has 22 heavy (non-hydrogen) atoms. The van der Waals surface area contributed by atoms with Gasteiger partial charge in [0.1, 0.15) is 0 Å². The molecule has 4 nitrogen and oxygen atoms in total. The summed E-state index contributed by atoms with van der Waals surface area (Å²) in [5, 5.41) is 0.727. The first-order chi connectivity index (χ1) is 10.6. The second kappa shape index (κ2) is 6.73. The summed E-state index contributed by atoms with van der Waals surface area (Å²) >= 11 is 5.90. The zero-order valence-corrected chi connectivity index (χ0v) is 13.8. The first-order valence-corrected chi connectivity index (χ1v) is 7.95. The molecule has 2 heterocycles. The van der Waals surface area contributed by atoms with Crippen LogP contribution in [0.3, 0.4) is 0 Å². The summed E-state index contributed by atoms with van der Waals surface area (Å²) in [5.41, 5.74) is 2.15. The number of hydrogen-bond acceptors (Lipinski definition) is 4. The van der Waals surface area contributed by atoms with E-state index in [4.69, 9.17) is 11.6 Å². The molecule has 116 valence electrons. The van der Waals surface area contributed by atoms with Crippen LogP contribution in [-0.4, -0.2) is 53.0 Å². The number of likely N-dealkylation sites (tertiary alicyclic amines) is 1. The Kier molecular flexibility index (Phi) is 4.71. The van der Waals surface area contributed by atoms with Crippen molar-refractivity contribution in [3.63, 3.8) is 0 Å². The van der Waals surface area contributed by atoms with Crippen molar-refractivity contribution in [1.29, 1.82) is 0 Å². The van der Waals surface area contributed by atoms with Gasteiger partial charge in [0.15, 0.2) is 5.82 Å². The molecular weight excluding hydrogens is 296 g/mol. The van der Waals surface area contributed by atoms with E-state index in [1.165, 1.54) is 6.42 Å². The standard InChI is InChI=1S/C17H21ClN4/c1-21(2)16-7-8-22(12-16)11-13-9-19-17(20-10-13)14-3-5-15(18)6-4-14/h3-6,9-10,16H,7-8,11-12H2,1-2H3. The lowest BCUT2D eigenvalue weighted by Gasteiger charge is -2.20. The zero-order chi connectivity index (χ0) is 15.5. The maximum Gasteiger partial charge on any atom is 0.159 e. The van der Waals surface area contributed by atoms with Crippen LogP contribution in [-0.2, 0) is 6.54 Å². The van der Waals surface area contributed by atoms with Crippen molar-refractivity contribution in [2.24, 2.45) is 0 Å². The minimum atomic E-state index is 0.661. The van der Waals surface area contributed by atoms with Gasteiger partial charge in [-0.25, -0.2) is 9.97 Å². The highest BCUT2D eigenvalue weighted by Gasteiger charge is 2.23. The van der Waals surface area contributed by atoms with Gasteiger partial charge in [0.2, 0.25) is 0 Å². The minimum absolute atomic E-state index is 0.661. The number of likely N-dealkylation sites (N-methyl/N-ethyl adjacent to an activating group) is 1. The number of aromatic nitrogens is 2. The smallest absolute Gasteiger partial charge is 0.159 e. The highest BCUT2D eigenvalue weighted by atomic mass is 35.5. The van der Waals surface area contributed by atoms with Gasteiger partial charge in [0, 0.05) is 54.2 Å². The number of hydrogen-bond donors (Lipinski definition) is 0. The van der Waals surface area contributed by atoms with Crippen LogP contribution in [0, 0.1) is 0 Å². The summed E-state index contributed by atoms with van der Waals surface area (Å²) in [5.74, 6) is 0.744. The van der Waals surface area contributed by atoms with E-state index in [0.717, 1.165) is 41.6 Å². The lowest BCUT2D eigenvalue weighted by atomic mass is 10.2. The average Bonchev–Trinajstić information content (AvgIpc) is 2.98. The Hall–Kier alpha value is -1.49. The third kappa shape index (κ3) is 3.64. The van der Waals surface area contributed by atoms with E-state index in [-0.39, 0.29) is 0 Å². The molecule has 1 aromatic heterocycles. The molecule has 0 bridgehead atoms. The molecule has 0 amide bonds. The van der Waals surface area contributed by atoms with E-state index in [0.29, 0.717) is 6.04 Å². The lowest BCUT2D eigenvalue weighted by molar-refractivity contribution is 0.264. The van der Waals surface area contributed by atoms with Crippen LogP contribution in [0.15, 0.2) is 36.7 Å². The Morgan fingerprint density at radius 1 is 1.18 bits per heavy atom. The summed E-state index contributed by atoms with van der Waals surface area (Å²) in [4.78, 5) is 13.7. The highest BCUT2D eigenvalue weighted by Crippen LogP contribution is 2.19. The van der Waals surface area contributed by atoms with Gasteiger partial charge in [-0.05, 0) is 44.8 Å². The van der Waals surface area contributed by atoms with Gasteiger partial charge in [0.05, 0.1) is 0 Å². The number of benzene rings is 1. The maximum absolute atomic E-state index is 5.90. The molecular formula is C17H21ClN4. The second-order valence-corrected chi connectivity index (χ2v) is 6.50. The van der Waals surface area contributed by atoms with Crippen LogP contribution >= 0.6 is 11.6 Å². The maximum atomic E-state index is 5.90. The van der Waals surface area contributed by atoms with Crippen molar-refractivity contribution in [1.82, 2.24) is 19.8 Å². The predicted octanol–water partition coefficient (Wildman–Crippen LogP) is 2.93. The Bertz CT molecular complexity index is 610. The van der Waals surface area contributed by atoms with E-state index in [1.807, 2.05) is 36.7 Å². The summed E-state index contributed by atoms with van der Waals surface area (Å²) in [6.07, 6.45) is 5.09. The normalized spacial score (nSPS) is 19.0. The van der Waals surface area contributed by atoms with Gasteiger partial charge in [-0.15, -0.1) is 0 Å². The summed E-state index contributed by atoms with van der Waals surface area (Å²) < 4.78 is 0. The van der Waals surface area contributed by atoms with Crippen molar-refractivity contribution in [2.45, 2.75) is 19.0 Å². The van der Waals surface area contributed by atoms with Crippen molar-refractivity contribution >= 4 is 11.6 Å². The molecule has 5 heteroatoms. The first kappa shape index (κ1) is 15.4. The molecule has 0 saturated carbocycles. The molecule has 2 aromatic rings. The largest absolute Gasteiger partial charge is 0.305 e. The van der Waals surface area contributed by atoms with Gasteiger partial charge in [-0.3, -0.25) is 4.90 Å². The van der Waals surface area contributed by atoms with Crippen LogP contribution in [0.1, 0.15) is 12.0 Å². The topological polar surface area (TPSA) is 32.3 Å². The van der Waals surface area contributed by atoms with Crippen LogP contribution in [0.2, 0.25) is 5.02 Å². The number of rotatable bonds is 4. The van der Waals surface area contributed by atoms with E-state index in [1.54, 1.807) is 0 Å². The van der Waals surface area contributed by atoms with E-state index < -0.39 is 0 Å². The number of nitrogens with zero attached hydrogens (tertiary/aromatic N) is 4. The summed E-state index contributed by atoms with van der Waals surface area (Å²) in [6, 6.07) is 8.27. The van der Waals surface area contributed by atoms with Gasteiger partial charge < -0.3 is 4.90 Å². The molecule has 3 rings (SSSR count). The molecule has 1 atom stereocenters. The molecule has 0 aliphatic carbocycles. The fraction of sp³-hybridized carbons (Fsp3) is 0.412. The Morgan fingerprint density at radius 3 is 2.45 bits per heavy atom. The average molecular weight is 317 g/mol. The summed E-state index contributed by atoms with van der Waals surface area (Å²) in [7, 11) is 4.30. The van der Waals surface area contributed by atoms with Crippen molar-refractivity contribution in [2.75, 3.05) is 27.2 Å². The lowest BCUT2D eigenvalue weighted by Crippen LogP contribution is -2.31. The third-order valence-corrected chi connectivity index (χ3v) is 4.44. The first-order valence-electron chi connectivity index (χ1n) is 7.57. The molecule has 1 fully saturated rings. The fourth-order valence-corrected chi connectivity index (χ4v) is 2.95. The fourth-order valence-electron chi connectivity index (χ4n) is 2.82. The van der Waals surface area contributed by atoms with Gasteiger partial charge in [-0.1, -0.05) is 11.6 Å².